The second-order valence-corrected chi connectivity index (χ2v) is 6.44. The van der Waals surface area contributed by atoms with Gasteiger partial charge in [0.2, 0.25) is 0 Å². The van der Waals surface area contributed by atoms with E-state index in [1.54, 1.807) is 0 Å². The molecule has 1 aromatic carbocycles. The molecule has 1 atom stereocenters. The number of para-hydroxylation sites is 1. The highest BCUT2D eigenvalue weighted by Crippen LogP contribution is 2.36. The van der Waals surface area contributed by atoms with Gasteiger partial charge in [-0.2, -0.15) is 0 Å². The van der Waals surface area contributed by atoms with Gasteiger partial charge in [0.05, 0.1) is 6.61 Å². The molecular formula is C18H28N2O. The Labute approximate surface area is 128 Å². The summed E-state index contributed by atoms with van der Waals surface area (Å²) in [5.41, 5.74) is 1.29. The van der Waals surface area contributed by atoms with Crippen LogP contribution in [-0.4, -0.2) is 37.7 Å². The highest BCUT2D eigenvalue weighted by Gasteiger charge is 2.35. The number of benzene rings is 1. The summed E-state index contributed by atoms with van der Waals surface area (Å²) in [7, 11) is 2.07. The molecule has 0 saturated heterocycles. The molecule has 2 aliphatic carbocycles. The van der Waals surface area contributed by atoms with E-state index in [4.69, 9.17) is 4.74 Å². The molecule has 0 aliphatic heterocycles. The van der Waals surface area contributed by atoms with Gasteiger partial charge in [-0.25, -0.2) is 0 Å². The molecule has 1 aromatic rings. The third-order valence-electron chi connectivity index (χ3n) is 4.61. The Kier molecular flexibility index (Phi) is 4.81. The van der Waals surface area contributed by atoms with Crippen LogP contribution >= 0.6 is 0 Å². The van der Waals surface area contributed by atoms with Crippen molar-refractivity contribution in [2.75, 3.05) is 26.7 Å². The zero-order valence-corrected chi connectivity index (χ0v) is 13.3. The molecule has 3 heteroatoms. The summed E-state index contributed by atoms with van der Waals surface area (Å²) in [6, 6.07) is 9.65. The van der Waals surface area contributed by atoms with Gasteiger partial charge in [-0.1, -0.05) is 18.2 Å². The molecular weight excluding hydrogens is 260 g/mol. The third kappa shape index (κ3) is 3.98. The number of likely N-dealkylation sites (N-methyl/N-ethyl adjacent to an activating group) is 1. The Morgan fingerprint density at radius 2 is 2.00 bits per heavy atom. The highest BCUT2D eigenvalue weighted by atomic mass is 16.5. The molecule has 2 aliphatic rings. The smallest absolute Gasteiger partial charge is 0.124 e. The first-order valence-corrected chi connectivity index (χ1v) is 8.44. The first-order valence-electron chi connectivity index (χ1n) is 8.44. The van der Waals surface area contributed by atoms with Crippen LogP contribution in [0.2, 0.25) is 0 Å². The topological polar surface area (TPSA) is 24.5 Å². The average Bonchev–Trinajstić information content (AvgIpc) is 3.38. The van der Waals surface area contributed by atoms with Gasteiger partial charge in [0.15, 0.2) is 0 Å². The van der Waals surface area contributed by atoms with E-state index in [1.807, 2.05) is 0 Å². The fraction of sp³-hybridized carbons (Fsp3) is 0.667. The Bertz CT molecular complexity index is 454. The van der Waals surface area contributed by atoms with Gasteiger partial charge < -0.3 is 10.1 Å². The van der Waals surface area contributed by atoms with Crippen LogP contribution in [0, 0.1) is 5.92 Å². The van der Waals surface area contributed by atoms with E-state index < -0.39 is 0 Å². The number of nitrogens with zero attached hydrogens (tertiary/aromatic N) is 1. The molecule has 21 heavy (non-hydrogen) atoms. The van der Waals surface area contributed by atoms with Crippen LogP contribution < -0.4 is 10.1 Å². The van der Waals surface area contributed by atoms with Crippen molar-refractivity contribution in [2.24, 2.45) is 5.92 Å². The van der Waals surface area contributed by atoms with Crippen LogP contribution in [0.4, 0.5) is 0 Å². The van der Waals surface area contributed by atoms with Crippen molar-refractivity contribution >= 4 is 0 Å². The molecule has 1 N–H and O–H groups in total. The first-order chi connectivity index (χ1) is 10.3. The molecule has 3 nitrogen and oxygen atoms in total. The largest absolute Gasteiger partial charge is 0.494 e. The van der Waals surface area contributed by atoms with Gasteiger partial charge in [-0.15, -0.1) is 0 Å². The first kappa shape index (κ1) is 14.9. The molecule has 0 aromatic heterocycles. The lowest BCUT2D eigenvalue weighted by Crippen LogP contribution is -2.36. The minimum atomic E-state index is 0.354. The molecule has 0 spiro atoms. The number of hydrogen-bond donors (Lipinski definition) is 1. The van der Waals surface area contributed by atoms with E-state index in [0.717, 1.165) is 30.9 Å². The second-order valence-electron chi connectivity index (χ2n) is 6.44. The molecule has 3 rings (SSSR count). The normalized spacial score (nSPS) is 19.8. The predicted octanol–water partition coefficient (Wildman–Crippen LogP) is 3.22. The molecule has 0 bridgehead atoms. The van der Waals surface area contributed by atoms with Gasteiger partial charge >= 0.3 is 0 Å². The standard InChI is InChI=1S/C18H28N2O/c1-3-21-18-7-5-4-6-16(18)17(19-2)13-20(15-10-11-15)12-14-8-9-14/h4-7,14-15,17,19H,3,8-13H2,1-2H3. The SMILES string of the molecule is CCOc1ccccc1C(CN(CC1CC1)C1CC1)NC. The quantitative estimate of drug-likeness (QED) is 0.755. The third-order valence-corrected chi connectivity index (χ3v) is 4.61. The average molecular weight is 288 g/mol. The van der Waals surface area contributed by atoms with Crippen LogP contribution in [-0.2, 0) is 0 Å². The Morgan fingerprint density at radius 1 is 1.24 bits per heavy atom. The second kappa shape index (κ2) is 6.80. The fourth-order valence-electron chi connectivity index (χ4n) is 3.08. The summed E-state index contributed by atoms with van der Waals surface area (Å²) in [4.78, 5) is 2.71. The van der Waals surface area contributed by atoms with E-state index in [2.05, 4.69) is 48.5 Å². The summed E-state index contributed by atoms with van der Waals surface area (Å²) in [5.74, 6) is 1.99. The molecule has 0 radical (unpaired) electrons. The van der Waals surface area contributed by atoms with Gasteiger partial charge in [-0.3, -0.25) is 4.90 Å². The predicted molar refractivity (Wildman–Crippen MR) is 86.7 cm³/mol. The lowest BCUT2D eigenvalue weighted by Gasteiger charge is -2.28. The zero-order chi connectivity index (χ0) is 14.7. The van der Waals surface area contributed by atoms with E-state index in [0.29, 0.717) is 6.04 Å². The van der Waals surface area contributed by atoms with E-state index >= 15 is 0 Å². The van der Waals surface area contributed by atoms with Crippen LogP contribution in [0.1, 0.15) is 44.2 Å². The number of hydrogen-bond acceptors (Lipinski definition) is 3. The van der Waals surface area contributed by atoms with Crippen molar-refractivity contribution in [3.05, 3.63) is 29.8 Å². The minimum Gasteiger partial charge on any atom is -0.494 e. The number of rotatable bonds is 9. The summed E-state index contributed by atoms with van der Waals surface area (Å²) in [6.07, 6.45) is 5.64. The maximum atomic E-state index is 5.81. The zero-order valence-electron chi connectivity index (χ0n) is 13.3. The molecule has 1 unspecified atom stereocenters. The van der Waals surface area contributed by atoms with E-state index in [1.165, 1.54) is 37.8 Å². The van der Waals surface area contributed by atoms with Crippen molar-refractivity contribution in [1.29, 1.82) is 0 Å². The highest BCUT2D eigenvalue weighted by molar-refractivity contribution is 5.36. The lowest BCUT2D eigenvalue weighted by molar-refractivity contribution is 0.224. The maximum Gasteiger partial charge on any atom is 0.124 e. The summed E-state index contributed by atoms with van der Waals surface area (Å²) < 4.78 is 5.81. The summed E-state index contributed by atoms with van der Waals surface area (Å²) in [6.45, 7) is 5.16. The van der Waals surface area contributed by atoms with E-state index in [9.17, 15) is 0 Å². The van der Waals surface area contributed by atoms with Crippen LogP contribution in [0.15, 0.2) is 24.3 Å². The minimum absolute atomic E-state index is 0.354. The van der Waals surface area contributed by atoms with Gasteiger partial charge in [-0.05, 0) is 51.6 Å². The van der Waals surface area contributed by atoms with Crippen LogP contribution in [0.5, 0.6) is 5.75 Å². The van der Waals surface area contributed by atoms with Crippen molar-refractivity contribution in [2.45, 2.75) is 44.7 Å². The molecule has 0 heterocycles. The summed E-state index contributed by atoms with van der Waals surface area (Å²) >= 11 is 0. The van der Waals surface area contributed by atoms with Crippen molar-refractivity contribution in [1.82, 2.24) is 10.2 Å². The fourth-order valence-corrected chi connectivity index (χ4v) is 3.08. The van der Waals surface area contributed by atoms with Gasteiger partial charge in [0, 0.05) is 30.7 Å². The molecule has 2 saturated carbocycles. The Morgan fingerprint density at radius 3 is 2.62 bits per heavy atom. The van der Waals surface area contributed by atoms with Crippen LogP contribution in [0.3, 0.4) is 0 Å². The van der Waals surface area contributed by atoms with E-state index in [-0.39, 0.29) is 0 Å². The van der Waals surface area contributed by atoms with Crippen molar-refractivity contribution in [3.8, 4) is 5.75 Å². The lowest BCUT2D eigenvalue weighted by atomic mass is 10.0. The van der Waals surface area contributed by atoms with Crippen LogP contribution in [0.25, 0.3) is 0 Å². The maximum absolute atomic E-state index is 5.81. The Hall–Kier alpha value is -1.06. The number of nitrogens with one attached hydrogen (secondary N) is 1. The Balaban J connectivity index is 1.70. The van der Waals surface area contributed by atoms with Crippen molar-refractivity contribution in [3.63, 3.8) is 0 Å². The van der Waals surface area contributed by atoms with Gasteiger partial charge in [0.1, 0.15) is 5.75 Å². The molecule has 0 amide bonds. The number of ether oxygens (including phenoxy) is 1. The summed E-state index contributed by atoms with van der Waals surface area (Å²) in [5, 5.41) is 3.50. The molecule has 116 valence electrons. The monoisotopic (exact) mass is 288 g/mol. The van der Waals surface area contributed by atoms with Gasteiger partial charge in [0.25, 0.3) is 0 Å². The van der Waals surface area contributed by atoms with Crippen molar-refractivity contribution < 1.29 is 4.74 Å². The molecule has 2 fully saturated rings.